The zero-order chi connectivity index (χ0) is 21.4. The van der Waals surface area contributed by atoms with Gasteiger partial charge in [0.1, 0.15) is 4.32 Å². The van der Waals surface area contributed by atoms with Gasteiger partial charge in [0.2, 0.25) is 0 Å². The molecular formula is C24H22N4OS2. The number of nitrogens with zero attached hydrogens (tertiary/aromatic N) is 3. The number of aromatic nitrogens is 1. The average Bonchev–Trinajstić information content (AvgIpc) is 3.10. The van der Waals surface area contributed by atoms with Crippen molar-refractivity contribution in [3.05, 3.63) is 65.2 Å². The van der Waals surface area contributed by atoms with E-state index in [-0.39, 0.29) is 5.91 Å². The number of piperazine rings is 1. The lowest BCUT2D eigenvalue weighted by atomic mass is 10.0. The van der Waals surface area contributed by atoms with Crippen molar-refractivity contribution in [1.82, 2.24) is 15.2 Å². The van der Waals surface area contributed by atoms with Crippen molar-refractivity contribution in [2.24, 2.45) is 0 Å². The smallest absolute Gasteiger partial charge is 0.263 e. The molecule has 0 bridgehead atoms. The number of thiocarbonyl (C=S) groups is 1. The first-order valence-corrected chi connectivity index (χ1v) is 11.5. The first-order valence-electron chi connectivity index (χ1n) is 10.3. The van der Waals surface area contributed by atoms with Gasteiger partial charge in [0.05, 0.1) is 16.1 Å². The maximum Gasteiger partial charge on any atom is 0.263 e. The van der Waals surface area contributed by atoms with Crippen molar-refractivity contribution in [2.45, 2.75) is 0 Å². The Labute approximate surface area is 191 Å². The predicted molar refractivity (Wildman–Crippen MR) is 133 cm³/mol. The topological polar surface area (TPSA) is 48.5 Å². The summed E-state index contributed by atoms with van der Waals surface area (Å²) in [5.74, 6) is -0.162. The van der Waals surface area contributed by atoms with Crippen LogP contribution >= 0.6 is 24.0 Å². The summed E-state index contributed by atoms with van der Waals surface area (Å²) in [5, 5.41) is 3.72. The maximum atomic E-state index is 12.0. The molecule has 0 atom stereocenters. The van der Waals surface area contributed by atoms with Crippen LogP contribution in [-0.2, 0) is 4.79 Å². The summed E-state index contributed by atoms with van der Waals surface area (Å²) in [6.07, 6.45) is 1.80. The molecule has 31 heavy (non-hydrogen) atoms. The molecule has 0 unspecified atom stereocenters. The Hall–Kier alpha value is -2.74. The summed E-state index contributed by atoms with van der Waals surface area (Å²) in [7, 11) is 2.17. The average molecular weight is 447 g/mol. The number of para-hydroxylation sites is 1. The Bertz CT molecular complexity index is 1200. The number of hydrogen-bond acceptors (Lipinski definition) is 6. The van der Waals surface area contributed by atoms with Gasteiger partial charge >= 0.3 is 0 Å². The third kappa shape index (κ3) is 4.21. The fourth-order valence-electron chi connectivity index (χ4n) is 3.95. The number of likely N-dealkylation sites (N-methyl/N-ethyl adjacent to an activating group) is 1. The highest BCUT2D eigenvalue weighted by atomic mass is 32.2. The van der Waals surface area contributed by atoms with Gasteiger partial charge in [-0.1, -0.05) is 60.4 Å². The Morgan fingerprint density at radius 2 is 1.81 bits per heavy atom. The van der Waals surface area contributed by atoms with Gasteiger partial charge in [-0.15, -0.1) is 0 Å². The Morgan fingerprint density at radius 1 is 1.03 bits per heavy atom. The highest BCUT2D eigenvalue weighted by molar-refractivity contribution is 8.26. The number of benzene rings is 2. The van der Waals surface area contributed by atoms with Crippen molar-refractivity contribution in [1.29, 1.82) is 0 Å². The molecule has 0 aliphatic carbocycles. The van der Waals surface area contributed by atoms with Crippen LogP contribution in [0.1, 0.15) is 5.69 Å². The predicted octanol–water partition coefficient (Wildman–Crippen LogP) is 4.14. The summed E-state index contributed by atoms with van der Waals surface area (Å²) < 4.78 is 0.484. The minimum atomic E-state index is -0.162. The fourth-order valence-corrected chi connectivity index (χ4v) is 4.98. The van der Waals surface area contributed by atoms with Gasteiger partial charge in [0.15, 0.2) is 0 Å². The minimum absolute atomic E-state index is 0.162. The van der Waals surface area contributed by atoms with Crippen molar-refractivity contribution < 1.29 is 4.79 Å². The summed E-state index contributed by atoms with van der Waals surface area (Å²) in [4.78, 5) is 22.2. The molecular weight excluding hydrogens is 424 g/mol. The number of fused-ring (bicyclic) bond motifs is 1. The van der Waals surface area contributed by atoms with Crippen LogP contribution in [-0.4, -0.2) is 53.3 Å². The van der Waals surface area contributed by atoms with Crippen molar-refractivity contribution in [3.8, 4) is 11.1 Å². The Kier molecular flexibility index (Phi) is 5.48. The monoisotopic (exact) mass is 446 g/mol. The molecule has 3 aromatic rings. The van der Waals surface area contributed by atoms with E-state index in [0.29, 0.717) is 9.23 Å². The van der Waals surface area contributed by atoms with E-state index in [2.05, 4.69) is 64.6 Å². The first kappa shape index (κ1) is 20.2. The van der Waals surface area contributed by atoms with E-state index in [1.54, 1.807) is 6.08 Å². The van der Waals surface area contributed by atoms with E-state index in [9.17, 15) is 4.79 Å². The normalized spacial score (nSPS) is 18.7. The van der Waals surface area contributed by atoms with E-state index in [0.717, 1.165) is 53.9 Å². The number of amides is 1. The molecule has 1 amide bonds. The molecule has 7 heteroatoms. The molecule has 1 N–H and O–H groups in total. The third-order valence-electron chi connectivity index (χ3n) is 5.71. The molecule has 3 heterocycles. The number of carbonyl (C=O) groups excluding carboxylic acids is 1. The molecule has 2 fully saturated rings. The molecule has 2 aromatic carbocycles. The van der Waals surface area contributed by atoms with Crippen molar-refractivity contribution in [2.75, 3.05) is 38.1 Å². The highest BCUT2D eigenvalue weighted by Crippen LogP contribution is 2.31. The quantitative estimate of drug-likeness (QED) is 0.482. The standard InChI is InChI=1S/C24H22N4OS2/c1-27-11-13-28(14-12-27)19-9-6-16(7-10-19)20-4-2-3-17-5-8-18(25-22(17)20)15-21-23(29)26-24(30)31-21/h2-10,15H,11-14H2,1H3,(H,26,29,30)/b21-15-. The summed E-state index contributed by atoms with van der Waals surface area (Å²) in [6.45, 7) is 4.29. The number of nitrogens with one attached hydrogen (secondary N) is 1. The third-order valence-corrected chi connectivity index (χ3v) is 6.87. The van der Waals surface area contributed by atoms with Crippen molar-refractivity contribution in [3.63, 3.8) is 0 Å². The Balaban J connectivity index is 1.47. The lowest BCUT2D eigenvalue weighted by Gasteiger charge is -2.34. The SMILES string of the molecule is CN1CCN(c2ccc(-c3cccc4ccc(/C=C5\SC(=S)NC5=O)nc34)cc2)CC1. The van der Waals surface area contributed by atoms with Gasteiger partial charge in [0.25, 0.3) is 5.91 Å². The van der Waals surface area contributed by atoms with E-state index >= 15 is 0 Å². The molecule has 2 saturated heterocycles. The van der Waals surface area contributed by atoms with Crippen LogP contribution in [0, 0.1) is 0 Å². The fraction of sp³-hybridized carbons (Fsp3) is 0.208. The lowest BCUT2D eigenvalue weighted by Crippen LogP contribution is -2.44. The van der Waals surface area contributed by atoms with Crippen LogP contribution in [0.2, 0.25) is 0 Å². The van der Waals surface area contributed by atoms with Crippen molar-refractivity contribution >= 4 is 56.9 Å². The first-order chi connectivity index (χ1) is 15.1. The summed E-state index contributed by atoms with van der Waals surface area (Å²) in [5.41, 5.74) is 5.15. The molecule has 5 nitrogen and oxygen atoms in total. The van der Waals surface area contributed by atoms with Gasteiger partial charge in [-0.2, -0.15) is 0 Å². The molecule has 156 valence electrons. The molecule has 1 aromatic heterocycles. The van der Waals surface area contributed by atoms with E-state index in [1.807, 2.05) is 12.1 Å². The second kappa shape index (κ2) is 8.42. The molecule has 0 spiro atoms. The van der Waals surface area contributed by atoms with E-state index < -0.39 is 0 Å². The molecule has 5 rings (SSSR count). The number of carbonyl (C=O) groups is 1. The zero-order valence-corrected chi connectivity index (χ0v) is 18.8. The van der Waals surface area contributed by atoms with E-state index in [4.69, 9.17) is 17.2 Å². The molecule has 2 aliphatic heterocycles. The highest BCUT2D eigenvalue weighted by Gasteiger charge is 2.22. The Morgan fingerprint density at radius 3 is 2.52 bits per heavy atom. The van der Waals surface area contributed by atoms with Gasteiger partial charge in [-0.3, -0.25) is 4.79 Å². The van der Waals surface area contributed by atoms with Gasteiger partial charge in [0, 0.05) is 42.8 Å². The minimum Gasteiger partial charge on any atom is -0.369 e. The van der Waals surface area contributed by atoms with E-state index in [1.165, 1.54) is 17.4 Å². The number of thioether (sulfide) groups is 1. The number of rotatable bonds is 3. The summed E-state index contributed by atoms with van der Waals surface area (Å²) in [6, 6.07) is 19.0. The lowest BCUT2D eigenvalue weighted by molar-refractivity contribution is -0.115. The van der Waals surface area contributed by atoms with Crippen LogP contribution in [0.5, 0.6) is 0 Å². The number of anilines is 1. The van der Waals surface area contributed by atoms with Gasteiger partial charge in [-0.05, 0) is 36.9 Å². The van der Waals surface area contributed by atoms with Gasteiger partial charge < -0.3 is 15.1 Å². The molecule has 0 radical (unpaired) electrons. The number of hydrogen-bond donors (Lipinski definition) is 1. The summed E-state index contributed by atoms with van der Waals surface area (Å²) >= 11 is 6.35. The second-order valence-corrected chi connectivity index (χ2v) is 9.52. The maximum absolute atomic E-state index is 12.0. The van der Waals surface area contributed by atoms with Crippen LogP contribution in [0.4, 0.5) is 5.69 Å². The van der Waals surface area contributed by atoms with Crippen LogP contribution < -0.4 is 10.2 Å². The zero-order valence-electron chi connectivity index (χ0n) is 17.2. The largest absolute Gasteiger partial charge is 0.369 e. The van der Waals surface area contributed by atoms with Gasteiger partial charge in [-0.25, -0.2) is 4.98 Å². The second-order valence-electron chi connectivity index (χ2n) is 7.80. The number of pyridine rings is 1. The van der Waals surface area contributed by atoms with Crippen LogP contribution in [0.3, 0.4) is 0 Å². The van der Waals surface area contributed by atoms with Crippen LogP contribution in [0.15, 0.2) is 59.5 Å². The van der Waals surface area contributed by atoms with Crippen LogP contribution in [0.25, 0.3) is 28.1 Å². The molecule has 0 saturated carbocycles. The molecule has 2 aliphatic rings.